The second-order valence-electron chi connectivity index (χ2n) is 15.5. The van der Waals surface area contributed by atoms with Crippen molar-refractivity contribution >= 4 is 50.8 Å². The third-order valence-electron chi connectivity index (χ3n) is 9.84. The summed E-state index contributed by atoms with van der Waals surface area (Å²) < 4.78 is 10.2. The molecule has 9 aromatic rings. The first-order valence-corrected chi connectivity index (χ1v) is 26.3. The molecule has 0 unspecified atom stereocenters. The van der Waals surface area contributed by atoms with E-state index in [4.69, 9.17) is 19.4 Å². The molecule has 0 spiro atoms. The van der Waals surface area contributed by atoms with Gasteiger partial charge in [-0.25, -0.2) is 4.98 Å². The fourth-order valence-electron chi connectivity index (χ4n) is 7.23. The van der Waals surface area contributed by atoms with Crippen LogP contribution >= 0.6 is 0 Å². The minimum atomic E-state index is -1.86. The number of benzene rings is 5. The van der Waals surface area contributed by atoms with E-state index in [1.807, 2.05) is 72.8 Å². The number of imidazole rings is 1. The largest absolute Gasteiger partial charge is 0.486 e. The van der Waals surface area contributed by atoms with Crippen molar-refractivity contribution in [3.05, 3.63) is 169 Å². The van der Waals surface area contributed by atoms with Crippen molar-refractivity contribution in [2.45, 2.75) is 44.1 Å². The molecular formula is C49H44GeIrN4O-2. The van der Waals surface area contributed by atoms with Crippen LogP contribution in [0, 0.1) is 18.1 Å². The number of rotatable bonds is 8. The molecule has 4 aromatic heterocycles. The van der Waals surface area contributed by atoms with Crippen LogP contribution in [0.15, 0.2) is 150 Å². The molecule has 4 heterocycles. The Morgan fingerprint density at radius 3 is 2.18 bits per heavy atom. The second kappa shape index (κ2) is 16.9. The van der Waals surface area contributed by atoms with E-state index in [0.717, 1.165) is 67.7 Å². The number of fused-ring (bicyclic) bond motifs is 4. The molecule has 56 heavy (non-hydrogen) atoms. The zero-order valence-electron chi connectivity index (χ0n) is 32.4. The maximum absolute atomic E-state index is 6.41. The van der Waals surface area contributed by atoms with E-state index in [0.29, 0.717) is 18.2 Å². The van der Waals surface area contributed by atoms with Crippen LogP contribution in [-0.4, -0.2) is 32.8 Å². The van der Waals surface area contributed by atoms with Gasteiger partial charge < -0.3 is 8.98 Å². The molecule has 0 saturated carbocycles. The summed E-state index contributed by atoms with van der Waals surface area (Å²) in [5, 5.41) is 2.00. The number of pyridine rings is 2. The number of nitrogens with zero attached hydrogens (tertiary/aromatic N) is 4. The Morgan fingerprint density at radius 2 is 1.45 bits per heavy atom. The molecule has 0 aliphatic rings. The quantitative estimate of drug-likeness (QED) is 0.112. The van der Waals surface area contributed by atoms with E-state index in [9.17, 15) is 0 Å². The second-order valence-corrected chi connectivity index (χ2v) is 26.0. The summed E-state index contributed by atoms with van der Waals surface area (Å²) >= 11 is -1.86. The Morgan fingerprint density at radius 1 is 0.714 bits per heavy atom. The molecular weight excluding hydrogens is 925 g/mol. The molecule has 0 aliphatic carbocycles. The van der Waals surface area contributed by atoms with Crippen LogP contribution in [0.3, 0.4) is 0 Å². The molecule has 0 amide bonds. The maximum Gasteiger partial charge on any atom is 0.216 e. The van der Waals surface area contributed by atoms with Crippen molar-refractivity contribution in [3.63, 3.8) is 0 Å². The number of aromatic nitrogens is 4. The van der Waals surface area contributed by atoms with Gasteiger partial charge in [0.05, 0.1) is 28.1 Å². The molecule has 281 valence electrons. The zero-order valence-corrected chi connectivity index (χ0v) is 36.9. The van der Waals surface area contributed by atoms with Crippen LogP contribution in [0.5, 0.6) is 0 Å². The molecule has 9 rings (SSSR count). The Kier molecular flexibility index (Phi) is 11.8. The van der Waals surface area contributed by atoms with Gasteiger partial charge in [-0.15, -0.1) is 18.2 Å². The average molecular weight is 970 g/mol. The molecule has 1 radical (unpaired) electrons. The Balaban J connectivity index is 0.000000197. The van der Waals surface area contributed by atoms with E-state index in [2.05, 4.69) is 121 Å². The van der Waals surface area contributed by atoms with Crippen LogP contribution in [0.4, 0.5) is 0 Å². The van der Waals surface area contributed by atoms with Gasteiger partial charge in [-0.2, -0.15) is 0 Å². The van der Waals surface area contributed by atoms with Gasteiger partial charge in [0, 0.05) is 37.6 Å². The number of hydrogen-bond acceptors (Lipinski definition) is 4. The van der Waals surface area contributed by atoms with Crippen LogP contribution < -0.4 is 4.40 Å². The topological polar surface area (TPSA) is 56.7 Å². The SMILES string of the molecule is CC(C)Cc1cc(-c2[c-]cccc2)nc[c]1[Ge]([CH3])([CH3])[CH3].[Ir].[c-]1ccc2c(oc3nc(-c4ccccc4)ccc32)c1-c1nc2ccccc2n1Cc1ccccc1. The summed E-state index contributed by atoms with van der Waals surface area (Å²) in [6, 6.07) is 54.0. The number of hydrogen-bond donors (Lipinski definition) is 0. The van der Waals surface area contributed by atoms with Gasteiger partial charge in [0.1, 0.15) is 0 Å². The third kappa shape index (κ3) is 8.34. The van der Waals surface area contributed by atoms with Crippen molar-refractivity contribution < 1.29 is 24.5 Å². The number of furan rings is 1. The fraction of sp³-hybridized carbons (Fsp3) is 0.163. The monoisotopic (exact) mass is 971 g/mol. The molecule has 0 fully saturated rings. The van der Waals surface area contributed by atoms with E-state index < -0.39 is 13.3 Å². The molecule has 0 aliphatic heterocycles. The third-order valence-corrected chi connectivity index (χ3v) is 14.2. The van der Waals surface area contributed by atoms with Gasteiger partial charge >= 0.3 is 126 Å². The maximum atomic E-state index is 6.41. The van der Waals surface area contributed by atoms with E-state index in [1.54, 1.807) is 4.40 Å². The van der Waals surface area contributed by atoms with Gasteiger partial charge in [-0.3, -0.25) is 4.98 Å². The van der Waals surface area contributed by atoms with Crippen LogP contribution in [-0.2, 0) is 33.1 Å². The first kappa shape index (κ1) is 39.1. The Labute approximate surface area is 345 Å². The summed E-state index contributed by atoms with van der Waals surface area (Å²) in [6.07, 6.45) is 3.27. The van der Waals surface area contributed by atoms with Gasteiger partial charge in [-0.05, 0) is 29.8 Å². The smallest absolute Gasteiger partial charge is 0.216 e. The van der Waals surface area contributed by atoms with Crippen molar-refractivity contribution in [1.82, 2.24) is 19.5 Å². The first-order chi connectivity index (χ1) is 26.7. The minimum Gasteiger partial charge on any atom is -0.486 e. The van der Waals surface area contributed by atoms with Gasteiger partial charge in [0.25, 0.3) is 0 Å². The first-order valence-electron chi connectivity index (χ1n) is 19.0. The van der Waals surface area contributed by atoms with Crippen molar-refractivity contribution in [2.75, 3.05) is 0 Å². The zero-order chi connectivity index (χ0) is 37.9. The Bertz CT molecular complexity index is 2720. The summed E-state index contributed by atoms with van der Waals surface area (Å²) in [5.41, 5.74) is 11.0. The molecule has 0 saturated heterocycles. The standard InChI is InChI=1S/C31H20N3O.C18H24GeN.Ir/c1-3-10-21(11-4-1)20-34-28-17-8-7-16-27(28)32-30(34)25-15-9-14-23-24-18-19-26(22-12-5-2-6-13-22)33-31(24)35-29(23)25;1-14(2)11-16-12-18(15-9-7-6-8-10-15)20-13-17(16)19(3,4)5;/h1-14,16-19H,20H2;6-9,12-14H,11H2,1-5H3;/q2*-1;. The molecule has 5 aromatic carbocycles. The fourth-order valence-corrected chi connectivity index (χ4v) is 10.6. The van der Waals surface area contributed by atoms with E-state index in [-0.39, 0.29) is 20.1 Å². The summed E-state index contributed by atoms with van der Waals surface area (Å²) in [6.45, 7) is 5.28. The van der Waals surface area contributed by atoms with Crippen LogP contribution in [0.2, 0.25) is 17.3 Å². The van der Waals surface area contributed by atoms with Crippen LogP contribution in [0.1, 0.15) is 25.0 Å². The van der Waals surface area contributed by atoms with E-state index in [1.165, 1.54) is 11.1 Å². The minimum absolute atomic E-state index is 0. The van der Waals surface area contributed by atoms with Gasteiger partial charge in [-0.1, -0.05) is 83.7 Å². The number of para-hydroxylation sites is 2. The average Bonchev–Trinajstić information content (AvgIpc) is 3.76. The Hall–Kier alpha value is -5.14. The molecule has 7 heteroatoms. The summed E-state index contributed by atoms with van der Waals surface area (Å²) in [4.78, 5) is 14.6. The van der Waals surface area contributed by atoms with Crippen molar-refractivity contribution in [1.29, 1.82) is 0 Å². The van der Waals surface area contributed by atoms with E-state index >= 15 is 0 Å². The summed E-state index contributed by atoms with van der Waals surface area (Å²) in [5.74, 6) is 8.83. The van der Waals surface area contributed by atoms with Gasteiger partial charge in [0.15, 0.2) is 0 Å². The molecule has 0 atom stereocenters. The van der Waals surface area contributed by atoms with Gasteiger partial charge in [0.2, 0.25) is 5.71 Å². The molecule has 5 nitrogen and oxygen atoms in total. The van der Waals surface area contributed by atoms with Crippen molar-refractivity contribution in [3.8, 4) is 33.9 Å². The molecule has 0 N–H and O–H groups in total. The predicted molar refractivity (Wildman–Crippen MR) is 230 cm³/mol. The summed E-state index contributed by atoms with van der Waals surface area (Å²) in [7, 11) is 0. The predicted octanol–water partition coefficient (Wildman–Crippen LogP) is 11.8. The molecule has 0 bridgehead atoms. The normalized spacial score (nSPS) is 11.5. The van der Waals surface area contributed by atoms with Crippen LogP contribution in [0.25, 0.3) is 67.0 Å². The van der Waals surface area contributed by atoms with Crippen molar-refractivity contribution in [2.24, 2.45) is 5.92 Å².